The van der Waals surface area contributed by atoms with Crippen LogP contribution in [0.15, 0.2) is 73.1 Å². The van der Waals surface area contributed by atoms with Crippen molar-refractivity contribution in [1.29, 1.82) is 0 Å². The molecule has 0 radical (unpaired) electrons. The van der Waals surface area contributed by atoms with Crippen LogP contribution in [0.5, 0.6) is 5.75 Å². The van der Waals surface area contributed by atoms with Crippen LogP contribution in [0.25, 0.3) is 0 Å². The lowest BCUT2D eigenvalue weighted by Gasteiger charge is -2.20. The molecule has 0 aliphatic carbocycles. The van der Waals surface area contributed by atoms with Crippen molar-refractivity contribution < 1.29 is 9.53 Å². The Morgan fingerprint density at radius 2 is 1.68 bits per heavy atom. The van der Waals surface area contributed by atoms with Crippen molar-refractivity contribution in [2.45, 2.75) is 32.9 Å². The van der Waals surface area contributed by atoms with E-state index in [4.69, 9.17) is 4.74 Å². The molecule has 0 fully saturated rings. The van der Waals surface area contributed by atoms with E-state index in [0.717, 1.165) is 22.7 Å². The molecule has 1 heterocycles. The van der Waals surface area contributed by atoms with E-state index in [2.05, 4.69) is 15.6 Å². The van der Waals surface area contributed by atoms with Gasteiger partial charge >= 0.3 is 0 Å². The van der Waals surface area contributed by atoms with E-state index in [0.29, 0.717) is 12.2 Å². The second kappa shape index (κ2) is 8.57. The predicted molar refractivity (Wildman–Crippen MR) is 112 cm³/mol. The topological polar surface area (TPSA) is 63.2 Å². The molecular formula is C23H25N3O2. The summed E-state index contributed by atoms with van der Waals surface area (Å²) in [5, 5.41) is 6.20. The van der Waals surface area contributed by atoms with Crippen molar-refractivity contribution in [2.75, 3.05) is 5.32 Å². The number of amides is 1. The molecule has 2 N–H and O–H groups in total. The van der Waals surface area contributed by atoms with Gasteiger partial charge in [0.25, 0.3) is 5.91 Å². The standard InChI is InChI=1S/C23H25N3O2/c1-23(2,3)26-22(27)18-13-20(15-24-14-18)25-19-9-11-21(12-10-19)28-16-17-7-5-4-6-8-17/h4-15,25H,16H2,1-3H3,(H,26,27). The monoisotopic (exact) mass is 375 g/mol. The molecule has 0 spiro atoms. The lowest BCUT2D eigenvalue weighted by atomic mass is 10.1. The number of aromatic nitrogens is 1. The zero-order valence-corrected chi connectivity index (χ0v) is 16.4. The van der Waals surface area contributed by atoms with E-state index >= 15 is 0 Å². The van der Waals surface area contributed by atoms with Gasteiger partial charge in [-0.15, -0.1) is 0 Å². The summed E-state index contributed by atoms with van der Waals surface area (Å²) < 4.78 is 5.80. The van der Waals surface area contributed by atoms with Crippen LogP contribution in [-0.4, -0.2) is 16.4 Å². The van der Waals surface area contributed by atoms with Crippen LogP contribution in [-0.2, 0) is 6.61 Å². The number of rotatable bonds is 6. The molecule has 5 heteroatoms. The minimum absolute atomic E-state index is 0.145. The number of anilines is 2. The van der Waals surface area contributed by atoms with E-state index in [-0.39, 0.29) is 11.4 Å². The van der Waals surface area contributed by atoms with E-state index in [1.54, 1.807) is 18.5 Å². The highest BCUT2D eigenvalue weighted by Crippen LogP contribution is 2.21. The van der Waals surface area contributed by atoms with Crippen molar-refractivity contribution in [1.82, 2.24) is 10.3 Å². The van der Waals surface area contributed by atoms with Crippen molar-refractivity contribution in [3.63, 3.8) is 0 Å². The van der Waals surface area contributed by atoms with Crippen LogP contribution >= 0.6 is 0 Å². The Morgan fingerprint density at radius 1 is 0.964 bits per heavy atom. The fourth-order valence-electron chi connectivity index (χ4n) is 2.59. The summed E-state index contributed by atoms with van der Waals surface area (Å²) in [7, 11) is 0. The molecule has 0 atom stereocenters. The summed E-state index contributed by atoms with van der Waals surface area (Å²) in [4.78, 5) is 16.5. The van der Waals surface area contributed by atoms with Crippen LogP contribution < -0.4 is 15.4 Å². The first-order valence-corrected chi connectivity index (χ1v) is 9.20. The van der Waals surface area contributed by atoms with Crippen molar-refractivity contribution >= 4 is 17.3 Å². The molecule has 1 aromatic heterocycles. The molecule has 28 heavy (non-hydrogen) atoms. The van der Waals surface area contributed by atoms with Crippen molar-refractivity contribution in [3.8, 4) is 5.75 Å². The van der Waals surface area contributed by atoms with Gasteiger partial charge in [-0.05, 0) is 56.7 Å². The first kappa shape index (κ1) is 19.4. The van der Waals surface area contributed by atoms with E-state index < -0.39 is 0 Å². The van der Waals surface area contributed by atoms with Gasteiger partial charge in [0.15, 0.2) is 0 Å². The smallest absolute Gasteiger partial charge is 0.253 e. The van der Waals surface area contributed by atoms with Gasteiger partial charge in [-0.2, -0.15) is 0 Å². The molecule has 1 amide bonds. The molecule has 0 aliphatic rings. The van der Waals surface area contributed by atoms with Gasteiger partial charge in [0.1, 0.15) is 12.4 Å². The third-order valence-electron chi connectivity index (χ3n) is 3.88. The third kappa shape index (κ3) is 5.84. The van der Waals surface area contributed by atoms with Crippen LogP contribution in [0.4, 0.5) is 11.4 Å². The number of hydrogen-bond donors (Lipinski definition) is 2. The highest BCUT2D eigenvalue weighted by molar-refractivity contribution is 5.95. The van der Waals surface area contributed by atoms with Crippen LogP contribution in [0.3, 0.4) is 0 Å². The molecule has 0 aliphatic heterocycles. The van der Waals surface area contributed by atoms with Gasteiger partial charge in [0, 0.05) is 17.4 Å². The summed E-state index contributed by atoms with van der Waals surface area (Å²) in [5.41, 5.74) is 2.99. The van der Waals surface area contributed by atoms with E-state index in [9.17, 15) is 4.79 Å². The van der Waals surface area contributed by atoms with Crippen molar-refractivity contribution in [3.05, 3.63) is 84.2 Å². The second-order valence-corrected chi connectivity index (χ2v) is 7.59. The molecule has 0 unspecified atom stereocenters. The zero-order chi connectivity index (χ0) is 20.0. The average Bonchev–Trinajstić information content (AvgIpc) is 2.67. The van der Waals surface area contributed by atoms with Gasteiger partial charge < -0.3 is 15.4 Å². The molecule has 2 aromatic carbocycles. The molecule has 3 rings (SSSR count). The Bertz CT molecular complexity index is 917. The SMILES string of the molecule is CC(C)(C)NC(=O)c1cncc(Nc2ccc(OCc3ccccc3)cc2)c1. The highest BCUT2D eigenvalue weighted by Gasteiger charge is 2.15. The number of nitrogens with zero attached hydrogens (tertiary/aromatic N) is 1. The lowest BCUT2D eigenvalue weighted by Crippen LogP contribution is -2.40. The Kier molecular flexibility index (Phi) is 5.94. The first-order valence-electron chi connectivity index (χ1n) is 9.20. The molecule has 144 valence electrons. The summed E-state index contributed by atoms with van der Waals surface area (Å²) in [6, 6.07) is 19.5. The summed E-state index contributed by atoms with van der Waals surface area (Å²) in [5.74, 6) is 0.652. The number of carbonyl (C=O) groups excluding carboxylic acids is 1. The molecule has 0 bridgehead atoms. The Hall–Kier alpha value is -3.34. The van der Waals surface area contributed by atoms with Gasteiger partial charge in [-0.1, -0.05) is 30.3 Å². The summed E-state index contributed by atoms with van der Waals surface area (Å²) in [6.45, 7) is 6.37. The maximum atomic E-state index is 12.3. The largest absolute Gasteiger partial charge is 0.489 e. The van der Waals surface area contributed by atoms with Gasteiger partial charge in [-0.3, -0.25) is 9.78 Å². The average molecular weight is 375 g/mol. The Balaban J connectivity index is 1.61. The molecule has 5 nitrogen and oxygen atoms in total. The number of nitrogens with one attached hydrogen (secondary N) is 2. The van der Waals surface area contributed by atoms with Gasteiger partial charge in [0.2, 0.25) is 0 Å². The van der Waals surface area contributed by atoms with Crippen LogP contribution in [0, 0.1) is 0 Å². The fraction of sp³-hybridized carbons (Fsp3) is 0.217. The normalized spacial score (nSPS) is 11.0. The first-order chi connectivity index (χ1) is 13.4. The molecular weight excluding hydrogens is 350 g/mol. The summed E-state index contributed by atoms with van der Waals surface area (Å²) >= 11 is 0. The van der Waals surface area contributed by atoms with Crippen LogP contribution in [0.1, 0.15) is 36.7 Å². The lowest BCUT2D eigenvalue weighted by molar-refractivity contribution is 0.0919. The fourth-order valence-corrected chi connectivity index (χ4v) is 2.59. The minimum atomic E-state index is -0.296. The Labute approximate surface area is 165 Å². The van der Waals surface area contributed by atoms with E-state index in [1.165, 1.54) is 0 Å². The van der Waals surface area contributed by atoms with E-state index in [1.807, 2.05) is 75.4 Å². The molecule has 3 aromatic rings. The van der Waals surface area contributed by atoms with Crippen LogP contribution in [0.2, 0.25) is 0 Å². The number of benzene rings is 2. The Morgan fingerprint density at radius 3 is 2.36 bits per heavy atom. The number of ether oxygens (including phenoxy) is 1. The highest BCUT2D eigenvalue weighted by atomic mass is 16.5. The van der Waals surface area contributed by atoms with Gasteiger partial charge in [-0.25, -0.2) is 0 Å². The maximum Gasteiger partial charge on any atom is 0.253 e. The maximum absolute atomic E-state index is 12.3. The zero-order valence-electron chi connectivity index (χ0n) is 16.4. The number of hydrogen-bond acceptors (Lipinski definition) is 4. The summed E-state index contributed by atoms with van der Waals surface area (Å²) in [6.07, 6.45) is 3.25. The quantitative estimate of drug-likeness (QED) is 0.641. The van der Waals surface area contributed by atoms with Crippen molar-refractivity contribution in [2.24, 2.45) is 0 Å². The number of pyridine rings is 1. The second-order valence-electron chi connectivity index (χ2n) is 7.59. The molecule has 0 saturated heterocycles. The number of carbonyl (C=O) groups is 1. The minimum Gasteiger partial charge on any atom is -0.489 e. The predicted octanol–water partition coefficient (Wildman–Crippen LogP) is 4.93. The van der Waals surface area contributed by atoms with Gasteiger partial charge in [0.05, 0.1) is 17.4 Å². The molecule has 0 saturated carbocycles. The third-order valence-corrected chi connectivity index (χ3v) is 3.88.